The Balaban J connectivity index is 1.50. The van der Waals surface area contributed by atoms with E-state index in [0.717, 1.165) is 49.8 Å². The van der Waals surface area contributed by atoms with Gasteiger partial charge in [0.2, 0.25) is 0 Å². The van der Waals surface area contributed by atoms with Crippen molar-refractivity contribution in [1.29, 1.82) is 0 Å². The Morgan fingerprint density at radius 2 is 1.88 bits per heavy atom. The number of thiophene rings is 1. The first kappa shape index (κ1) is 18.0. The Labute approximate surface area is 163 Å². The van der Waals surface area contributed by atoms with Gasteiger partial charge in [-0.25, -0.2) is 9.97 Å². The molecule has 2 aromatic rings. The zero-order chi connectivity index (χ0) is 18.3. The second-order valence-electron chi connectivity index (χ2n) is 7.81. The van der Waals surface area contributed by atoms with E-state index in [1.165, 1.54) is 15.4 Å². The van der Waals surface area contributed by atoms with Crippen LogP contribution in [-0.4, -0.2) is 57.5 Å². The van der Waals surface area contributed by atoms with Crippen molar-refractivity contribution in [2.75, 3.05) is 37.6 Å². The second-order valence-corrected chi connectivity index (χ2v) is 10.5. The summed E-state index contributed by atoms with van der Waals surface area (Å²) in [7, 11) is 0. The van der Waals surface area contributed by atoms with Crippen LogP contribution in [0.4, 0.5) is 5.82 Å². The highest BCUT2D eigenvalue weighted by Gasteiger charge is 2.32. The summed E-state index contributed by atoms with van der Waals surface area (Å²) in [4.78, 5) is 21.3. The smallest absolute Gasteiger partial charge is 0.159 e. The highest BCUT2D eigenvalue weighted by atomic mass is 32.2. The summed E-state index contributed by atoms with van der Waals surface area (Å²) < 4.78 is 0.244. The first-order valence-corrected chi connectivity index (χ1v) is 11.1. The minimum atomic E-state index is 0.244. The third kappa shape index (κ3) is 3.43. The molecular formula is C19H27N5S2. The molecule has 2 aliphatic heterocycles. The molecule has 0 bridgehead atoms. The van der Waals surface area contributed by atoms with E-state index in [1.807, 2.05) is 23.1 Å². The van der Waals surface area contributed by atoms with Gasteiger partial charge in [-0.1, -0.05) is 25.6 Å². The molecule has 1 fully saturated rings. The lowest BCUT2D eigenvalue weighted by atomic mass is 10.1. The van der Waals surface area contributed by atoms with Gasteiger partial charge in [0, 0.05) is 35.8 Å². The fraction of sp³-hybridized carbons (Fsp3) is 0.632. The summed E-state index contributed by atoms with van der Waals surface area (Å²) in [6.45, 7) is 14.0. The van der Waals surface area contributed by atoms with E-state index in [0.29, 0.717) is 5.92 Å². The van der Waals surface area contributed by atoms with Crippen LogP contribution in [0.15, 0.2) is 17.4 Å². The number of thioether (sulfide) groups is 1. The fourth-order valence-corrected chi connectivity index (χ4v) is 5.59. The summed E-state index contributed by atoms with van der Waals surface area (Å²) in [5, 5.41) is 2.44. The van der Waals surface area contributed by atoms with Gasteiger partial charge in [0.15, 0.2) is 5.17 Å². The molecule has 4 heterocycles. The van der Waals surface area contributed by atoms with E-state index in [9.17, 15) is 0 Å². The van der Waals surface area contributed by atoms with Crippen LogP contribution in [0.1, 0.15) is 44.9 Å². The third-order valence-corrected chi connectivity index (χ3v) is 7.76. The molecule has 0 saturated carbocycles. The van der Waals surface area contributed by atoms with Gasteiger partial charge in [-0.2, -0.15) is 0 Å². The normalized spacial score (nSPS) is 21.3. The monoisotopic (exact) mass is 389 g/mol. The molecule has 26 heavy (non-hydrogen) atoms. The largest absolute Gasteiger partial charge is 0.352 e. The minimum Gasteiger partial charge on any atom is -0.352 e. The highest BCUT2D eigenvalue weighted by molar-refractivity contribution is 8.15. The van der Waals surface area contributed by atoms with Gasteiger partial charge >= 0.3 is 0 Å². The van der Waals surface area contributed by atoms with Crippen molar-refractivity contribution in [3.63, 3.8) is 0 Å². The van der Waals surface area contributed by atoms with Crippen molar-refractivity contribution in [2.24, 2.45) is 4.99 Å². The van der Waals surface area contributed by atoms with Gasteiger partial charge in [-0.05, 0) is 32.3 Å². The molecule has 2 aliphatic rings. The number of fused-ring (bicyclic) bond motifs is 1. The van der Waals surface area contributed by atoms with Gasteiger partial charge < -0.3 is 9.80 Å². The quantitative estimate of drug-likeness (QED) is 0.787. The summed E-state index contributed by atoms with van der Waals surface area (Å²) in [6, 6.07) is 2.31. The van der Waals surface area contributed by atoms with Crippen LogP contribution in [0.5, 0.6) is 0 Å². The Kier molecular flexibility index (Phi) is 4.86. The topological polar surface area (TPSA) is 44.6 Å². The fourth-order valence-electron chi connectivity index (χ4n) is 3.40. The molecule has 0 radical (unpaired) electrons. The molecular weight excluding hydrogens is 362 g/mol. The van der Waals surface area contributed by atoms with Gasteiger partial charge in [-0.3, -0.25) is 4.99 Å². The average Bonchev–Trinajstić information content (AvgIpc) is 3.24. The number of nitrogens with zero attached hydrogens (tertiary/aromatic N) is 5. The Morgan fingerprint density at radius 1 is 1.15 bits per heavy atom. The predicted octanol–water partition coefficient (Wildman–Crippen LogP) is 4.21. The van der Waals surface area contributed by atoms with Gasteiger partial charge in [0.25, 0.3) is 0 Å². The molecule has 0 aromatic carbocycles. The number of amidine groups is 1. The van der Waals surface area contributed by atoms with Gasteiger partial charge in [-0.15, -0.1) is 11.3 Å². The molecule has 1 unspecified atom stereocenters. The molecule has 0 spiro atoms. The molecule has 1 atom stereocenters. The van der Waals surface area contributed by atoms with Crippen LogP contribution in [0.25, 0.3) is 10.2 Å². The number of aliphatic imine (C=N–C) groups is 1. The number of rotatable bonds is 3. The number of hydrogen-bond acceptors (Lipinski definition) is 7. The summed E-state index contributed by atoms with van der Waals surface area (Å²) in [5.74, 6) is 1.68. The molecule has 0 N–H and O–H groups in total. The lowest BCUT2D eigenvalue weighted by Crippen LogP contribution is -2.48. The maximum absolute atomic E-state index is 4.76. The lowest BCUT2D eigenvalue weighted by Gasteiger charge is -2.36. The zero-order valence-electron chi connectivity index (χ0n) is 16.0. The first-order chi connectivity index (χ1) is 12.5. The van der Waals surface area contributed by atoms with Crippen molar-refractivity contribution in [2.45, 2.75) is 44.8 Å². The van der Waals surface area contributed by atoms with Crippen LogP contribution in [0, 0.1) is 0 Å². The van der Waals surface area contributed by atoms with E-state index in [-0.39, 0.29) is 4.75 Å². The molecule has 7 heteroatoms. The van der Waals surface area contributed by atoms with Crippen molar-refractivity contribution < 1.29 is 0 Å². The number of piperazine rings is 1. The van der Waals surface area contributed by atoms with Crippen LogP contribution in [-0.2, 0) is 0 Å². The van der Waals surface area contributed by atoms with E-state index >= 15 is 0 Å². The number of anilines is 1. The molecule has 0 aliphatic carbocycles. The van der Waals surface area contributed by atoms with Crippen molar-refractivity contribution in [3.8, 4) is 0 Å². The maximum atomic E-state index is 4.76. The van der Waals surface area contributed by atoms with Crippen LogP contribution in [0.2, 0.25) is 0 Å². The van der Waals surface area contributed by atoms with E-state index in [4.69, 9.17) is 4.99 Å². The Morgan fingerprint density at radius 3 is 2.54 bits per heavy atom. The number of hydrogen-bond donors (Lipinski definition) is 0. The van der Waals surface area contributed by atoms with Gasteiger partial charge in [0.1, 0.15) is 17.0 Å². The Bertz CT molecular complexity index is 820. The predicted molar refractivity (Wildman–Crippen MR) is 114 cm³/mol. The van der Waals surface area contributed by atoms with Gasteiger partial charge in [0.05, 0.1) is 11.9 Å². The van der Waals surface area contributed by atoms with E-state index in [1.54, 1.807) is 6.33 Å². The van der Waals surface area contributed by atoms with Crippen molar-refractivity contribution in [1.82, 2.24) is 14.9 Å². The summed E-state index contributed by atoms with van der Waals surface area (Å²) >= 11 is 3.73. The van der Waals surface area contributed by atoms with Crippen molar-refractivity contribution in [3.05, 3.63) is 17.3 Å². The average molecular weight is 390 g/mol. The molecule has 0 amide bonds. The van der Waals surface area contributed by atoms with Crippen LogP contribution < -0.4 is 4.90 Å². The van der Waals surface area contributed by atoms with Crippen molar-refractivity contribution >= 4 is 44.3 Å². The Hall–Kier alpha value is -1.34. The highest BCUT2D eigenvalue weighted by Crippen LogP contribution is 2.36. The van der Waals surface area contributed by atoms with E-state index in [2.05, 4.69) is 53.5 Å². The first-order valence-electron chi connectivity index (χ1n) is 9.44. The zero-order valence-corrected chi connectivity index (χ0v) is 17.7. The lowest BCUT2D eigenvalue weighted by molar-refractivity contribution is 0.391. The standard InChI is InChI=1S/C19H27N5S2/c1-5-13(2)15-10-14-16(21-12-22-17(14)25-15)23-6-8-24(9-7-23)18-20-11-19(3,4)26-18/h10,12-13H,5-9,11H2,1-4H3. The summed E-state index contributed by atoms with van der Waals surface area (Å²) in [5.41, 5.74) is 0. The molecule has 4 rings (SSSR count). The molecule has 5 nitrogen and oxygen atoms in total. The van der Waals surface area contributed by atoms with E-state index < -0.39 is 0 Å². The second kappa shape index (κ2) is 7.00. The SMILES string of the molecule is CCC(C)c1cc2c(N3CCN(C4=NCC(C)(C)S4)CC3)ncnc2s1. The van der Waals surface area contributed by atoms with Crippen LogP contribution in [0.3, 0.4) is 0 Å². The van der Waals surface area contributed by atoms with Crippen LogP contribution >= 0.6 is 23.1 Å². The summed E-state index contributed by atoms with van der Waals surface area (Å²) in [6.07, 6.45) is 2.88. The molecule has 1 saturated heterocycles. The molecule has 140 valence electrons. The number of aromatic nitrogens is 2. The molecule has 2 aromatic heterocycles. The minimum absolute atomic E-state index is 0.244. The third-order valence-electron chi connectivity index (χ3n) is 5.24. The maximum Gasteiger partial charge on any atom is 0.159 e.